The lowest BCUT2D eigenvalue weighted by molar-refractivity contribution is 0.712. The summed E-state index contributed by atoms with van der Waals surface area (Å²) in [4.78, 5) is 10.6. The van der Waals surface area contributed by atoms with Crippen LogP contribution in [0.15, 0.2) is 194 Å². The quantitative estimate of drug-likeness (QED) is 0.164. The molecule has 0 amide bonds. The number of fused-ring (bicyclic) bond motifs is 2. The van der Waals surface area contributed by atoms with Gasteiger partial charge in [0.25, 0.3) is 0 Å². The highest BCUT2D eigenvalue weighted by Gasteiger charge is 2.20. The van der Waals surface area contributed by atoms with Crippen molar-refractivity contribution < 1.29 is 0 Å². The largest absolute Gasteiger partial charge is 0.228 e. The molecule has 3 aliphatic rings. The van der Waals surface area contributed by atoms with E-state index in [4.69, 9.17) is 9.97 Å². The average molecular weight is 719 g/mol. The maximum absolute atomic E-state index is 5.31. The zero-order chi connectivity index (χ0) is 37.3. The Bertz CT molecular complexity index is 2760. The molecule has 0 N–H and O–H groups in total. The van der Waals surface area contributed by atoms with Gasteiger partial charge in [-0.25, -0.2) is 9.97 Å². The third kappa shape index (κ3) is 6.91. The van der Waals surface area contributed by atoms with Crippen molar-refractivity contribution in [2.45, 2.75) is 31.6 Å². The van der Waals surface area contributed by atoms with Gasteiger partial charge in [0.15, 0.2) is 5.82 Å². The highest BCUT2D eigenvalue weighted by Crippen LogP contribution is 2.37. The summed E-state index contributed by atoms with van der Waals surface area (Å²) in [7, 11) is 0. The number of nitrogens with zero attached hydrogens (tertiary/aromatic N) is 2. The molecule has 3 aliphatic carbocycles. The molecule has 0 aliphatic heterocycles. The second-order valence-electron chi connectivity index (χ2n) is 15.3. The van der Waals surface area contributed by atoms with E-state index in [1.807, 2.05) is 0 Å². The van der Waals surface area contributed by atoms with Crippen LogP contribution >= 0.6 is 0 Å². The topological polar surface area (TPSA) is 25.8 Å². The molecule has 268 valence electrons. The maximum Gasteiger partial charge on any atom is 0.160 e. The molecule has 1 heterocycles. The summed E-state index contributed by atoms with van der Waals surface area (Å²) in [5.41, 5.74) is 15.4. The Morgan fingerprint density at radius 2 is 1.23 bits per heavy atom. The summed E-state index contributed by atoms with van der Waals surface area (Å²) in [5, 5.41) is 2.59. The van der Waals surface area contributed by atoms with Crippen molar-refractivity contribution in [1.82, 2.24) is 9.97 Å². The molecule has 0 fully saturated rings. The summed E-state index contributed by atoms with van der Waals surface area (Å²) in [5.74, 6) is 1.58. The molecular formula is C54H42N2. The van der Waals surface area contributed by atoms with Crippen molar-refractivity contribution in [3.05, 3.63) is 216 Å². The van der Waals surface area contributed by atoms with E-state index in [0.29, 0.717) is 11.8 Å². The van der Waals surface area contributed by atoms with Crippen molar-refractivity contribution in [3.63, 3.8) is 0 Å². The van der Waals surface area contributed by atoms with Crippen LogP contribution < -0.4 is 0 Å². The van der Waals surface area contributed by atoms with Gasteiger partial charge in [0.1, 0.15) is 0 Å². The summed E-state index contributed by atoms with van der Waals surface area (Å²) >= 11 is 0. The van der Waals surface area contributed by atoms with Gasteiger partial charge in [0.05, 0.1) is 11.4 Å². The van der Waals surface area contributed by atoms with Gasteiger partial charge < -0.3 is 0 Å². The molecule has 0 radical (unpaired) electrons. The average Bonchev–Trinajstić information content (AvgIpc) is 3.29. The van der Waals surface area contributed by atoms with Gasteiger partial charge in [-0.15, -0.1) is 0 Å². The number of hydrogen-bond acceptors (Lipinski definition) is 2. The molecule has 2 unspecified atom stereocenters. The van der Waals surface area contributed by atoms with Crippen LogP contribution in [0.3, 0.4) is 0 Å². The fraction of sp³-hybridized carbons (Fsp3) is 0.111. The van der Waals surface area contributed by atoms with Gasteiger partial charge in [-0.2, -0.15) is 0 Å². The molecule has 2 atom stereocenters. The minimum atomic E-state index is 0.372. The molecule has 56 heavy (non-hydrogen) atoms. The summed E-state index contributed by atoms with van der Waals surface area (Å²) in [6.45, 7) is 0. The van der Waals surface area contributed by atoms with Gasteiger partial charge >= 0.3 is 0 Å². The highest BCUT2D eigenvalue weighted by atomic mass is 14.9. The van der Waals surface area contributed by atoms with E-state index in [9.17, 15) is 0 Å². The molecule has 6 aromatic carbocycles. The van der Waals surface area contributed by atoms with Crippen molar-refractivity contribution in [2.75, 3.05) is 0 Å². The molecule has 2 heteroatoms. The van der Waals surface area contributed by atoms with Gasteiger partial charge in [-0.3, -0.25) is 0 Å². The zero-order valence-electron chi connectivity index (χ0n) is 31.4. The van der Waals surface area contributed by atoms with Crippen LogP contribution in [0.2, 0.25) is 0 Å². The standard InChI is InChI=1S/C54H42N2/c1-3-12-37(13-4-1)41-18-9-21-49(33-41)52-36-53(56-54(55-52)51-23-11-19-42(35-51)38-14-5-2-6-15-38)50-22-10-20-43(34-50)44-26-27-48-32-47(29-28-46(48)31-44)45-25-24-39-16-7-8-17-40(39)30-45/h1-10,12-14,16-18,20-31,33-36,38,47H,11,15,19,32H2. The lowest BCUT2D eigenvalue weighted by Crippen LogP contribution is -2.07. The second kappa shape index (κ2) is 14.9. The van der Waals surface area contributed by atoms with Crippen LogP contribution in [0.4, 0.5) is 0 Å². The lowest BCUT2D eigenvalue weighted by atomic mass is 9.83. The van der Waals surface area contributed by atoms with E-state index in [2.05, 4.69) is 194 Å². The van der Waals surface area contributed by atoms with E-state index in [-0.39, 0.29) is 0 Å². The number of aromatic nitrogens is 2. The number of allylic oxidation sites excluding steroid dienone is 9. The third-order valence-electron chi connectivity index (χ3n) is 11.6. The first-order chi connectivity index (χ1) is 27.7. The van der Waals surface area contributed by atoms with E-state index in [1.54, 1.807) is 0 Å². The Balaban J connectivity index is 0.999. The molecule has 7 aromatic rings. The third-order valence-corrected chi connectivity index (χ3v) is 11.6. The van der Waals surface area contributed by atoms with Crippen molar-refractivity contribution in [2.24, 2.45) is 5.92 Å². The van der Waals surface area contributed by atoms with Gasteiger partial charge in [0, 0.05) is 28.5 Å². The highest BCUT2D eigenvalue weighted by molar-refractivity contribution is 5.84. The van der Waals surface area contributed by atoms with Crippen LogP contribution in [0.25, 0.3) is 67.2 Å². The van der Waals surface area contributed by atoms with Crippen molar-refractivity contribution >= 4 is 22.4 Å². The van der Waals surface area contributed by atoms with Crippen LogP contribution in [-0.2, 0) is 6.42 Å². The van der Waals surface area contributed by atoms with Crippen LogP contribution in [0.5, 0.6) is 0 Å². The predicted octanol–water partition coefficient (Wildman–Crippen LogP) is 13.9. The fourth-order valence-electron chi connectivity index (χ4n) is 8.56. The minimum absolute atomic E-state index is 0.372. The van der Waals surface area contributed by atoms with Crippen LogP contribution in [0.1, 0.15) is 47.7 Å². The zero-order valence-corrected chi connectivity index (χ0v) is 31.4. The number of rotatable bonds is 7. The molecule has 0 saturated carbocycles. The number of hydrogen-bond donors (Lipinski definition) is 0. The normalized spacial score (nSPS) is 17.4. The van der Waals surface area contributed by atoms with Crippen LogP contribution in [0, 0.1) is 5.92 Å². The number of benzene rings is 6. The summed E-state index contributed by atoms with van der Waals surface area (Å²) in [6.07, 6.45) is 22.4. The molecule has 0 saturated heterocycles. The minimum Gasteiger partial charge on any atom is -0.228 e. The van der Waals surface area contributed by atoms with E-state index < -0.39 is 0 Å². The van der Waals surface area contributed by atoms with Crippen molar-refractivity contribution in [3.8, 4) is 44.8 Å². The fourth-order valence-corrected chi connectivity index (χ4v) is 8.56. The molecule has 0 bridgehead atoms. The summed E-state index contributed by atoms with van der Waals surface area (Å²) in [6, 6.07) is 52.8. The van der Waals surface area contributed by atoms with Gasteiger partial charge in [-0.05, 0) is 99.7 Å². The monoisotopic (exact) mass is 718 g/mol. The SMILES string of the molecule is C1=CCC(C2=CC(c3nc(-c4cccc(-c5ccccc5)c4)cc(-c4cccc(-c5ccc6c(c5)C=CC(c5ccc7ccccc7c5)C6)c4)n3)=CCC2)C=C1. The smallest absolute Gasteiger partial charge is 0.160 e. The first-order valence-electron chi connectivity index (χ1n) is 19.9. The van der Waals surface area contributed by atoms with Gasteiger partial charge in [0.2, 0.25) is 0 Å². The van der Waals surface area contributed by atoms with Crippen molar-refractivity contribution in [1.29, 1.82) is 0 Å². The van der Waals surface area contributed by atoms with Gasteiger partial charge in [-0.1, -0.05) is 176 Å². The molecule has 10 rings (SSSR count). The maximum atomic E-state index is 5.31. The second-order valence-corrected chi connectivity index (χ2v) is 15.3. The Labute approximate surface area is 329 Å². The first-order valence-corrected chi connectivity index (χ1v) is 19.9. The Morgan fingerprint density at radius 1 is 0.518 bits per heavy atom. The molecular weight excluding hydrogens is 677 g/mol. The first kappa shape index (κ1) is 33.9. The molecule has 2 nitrogen and oxygen atoms in total. The predicted molar refractivity (Wildman–Crippen MR) is 235 cm³/mol. The summed E-state index contributed by atoms with van der Waals surface area (Å²) < 4.78 is 0. The van der Waals surface area contributed by atoms with E-state index in [1.165, 1.54) is 55.3 Å². The molecule has 0 spiro atoms. The Morgan fingerprint density at radius 3 is 2.02 bits per heavy atom. The lowest BCUT2D eigenvalue weighted by Gasteiger charge is -2.21. The Hall–Kier alpha value is -6.64. The van der Waals surface area contributed by atoms with E-state index in [0.717, 1.165) is 59.6 Å². The molecule has 1 aromatic heterocycles. The van der Waals surface area contributed by atoms with E-state index >= 15 is 0 Å². The Kier molecular flexibility index (Phi) is 9.01. The van der Waals surface area contributed by atoms with Crippen LogP contribution in [-0.4, -0.2) is 9.97 Å².